The fourth-order valence-corrected chi connectivity index (χ4v) is 3.54. The van der Waals surface area contributed by atoms with Crippen LogP contribution in [0, 0.1) is 0 Å². The second kappa shape index (κ2) is 10.5. The van der Waals surface area contributed by atoms with Crippen molar-refractivity contribution >= 4 is 23.6 Å². The molecule has 1 aromatic rings. The first-order chi connectivity index (χ1) is 12.9. The molecule has 1 aliphatic rings. The van der Waals surface area contributed by atoms with Crippen LogP contribution < -0.4 is 14.8 Å². The molecule has 0 bridgehead atoms. The minimum atomic E-state index is -0.135. The Kier molecular flexibility index (Phi) is 8.41. The van der Waals surface area contributed by atoms with Crippen LogP contribution in [0.1, 0.15) is 25.8 Å². The van der Waals surface area contributed by atoms with Crippen LogP contribution >= 0.6 is 11.6 Å². The van der Waals surface area contributed by atoms with E-state index < -0.39 is 0 Å². The Morgan fingerprint density at radius 2 is 2.00 bits per heavy atom. The molecule has 1 N–H and O–H groups in total. The van der Waals surface area contributed by atoms with Crippen LogP contribution in [0.25, 0.3) is 6.08 Å². The van der Waals surface area contributed by atoms with Gasteiger partial charge in [0.1, 0.15) is 0 Å². The van der Waals surface area contributed by atoms with Gasteiger partial charge in [0, 0.05) is 32.3 Å². The van der Waals surface area contributed by atoms with Gasteiger partial charge in [-0.15, -0.1) is 0 Å². The van der Waals surface area contributed by atoms with E-state index >= 15 is 0 Å². The number of hydrogen-bond donors (Lipinski definition) is 1. The van der Waals surface area contributed by atoms with Crippen molar-refractivity contribution in [1.82, 2.24) is 10.2 Å². The first kappa shape index (κ1) is 21.5. The van der Waals surface area contributed by atoms with Crippen LogP contribution in [-0.2, 0) is 9.53 Å². The molecule has 1 aliphatic heterocycles. The number of morpholine rings is 1. The Hall–Kier alpha value is -1.76. The maximum atomic E-state index is 12.0. The van der Waals surface area contributed by atoms with Gasteiger partial charge < -0.3 is 19.5 Å². The Morgan fingerprint density at radius 1 is 1.30 bits per heavy atom. The summed E-state index contributed by atoms with van der Waals surface area (Å²) in [7, 11) is 3.08. The number of rotatable bonds is 8. The van der Waals surface area contributed by atoms with Crippen molar-refractivity contribution in [3.63, 3.8) is 0 Å². The molecular weight excluding hydrogens is 368 g/mol. The Balaban J connectivity index is 1.78. The van der Waals surface area contributed by atoms with Crippen LogP contribution in [0.3, 0.4) is 0 Å². The van der Waals surface area contributed by atoms with Gasteiger partial charge in [0.05, 0.1) is 31.5 Å². The third-order valence-corrected chi connectivity index (χ3v) is 4.61. The second-order valence-electron chi connectivity index (χ2n) is 6.73. The van der Waals surface area contributed by atoms with E-state index in [1.54, 1.807) is 25.3 Å². The molecule has 2 atom stereocenters. The molecule has 27 heavy (non-hydrogen) atoms. The number of nitrogens with one attached hydrogen (secondary N) is 1. The molecule has 7 heteroatoms. The number of ether oxygens (including phenoxy) is 3. The van der Waals surface area contributed by atoms with Gasteiger partial charge in [0.15, 0.2) is 11.5 Å². The summed E-state index contributed by atoms with van der Waals surface area (Å²) < 4.78 is 16.2. The lowest BCUT2D eigenvalue weighted by atomic mass is 10.2. The van der Waals surface area contributed by atoms with Gasteiger partial charge in [-0.05, 0) is 44.0 Å². The average molecular weight is 397 g/mol. The molecule has 0 radical (unpaired) electrons. The third-order valence-electron chi connectivity index (χ3n) is 4.33. The van der Waals surface area contributed by atoms with E-state index in [4.69, 9.17) is 25.8 Å². The number of amides is 1. The topological polar surface area (TPSA) is 60.0 Å². The quantitative estimate of drug-likeness (QED) is 0.540. The fourth-order valence-electron chi connectivity index (χ4n) is 3.25. The van der Waals surface area contributed by atoms with Gasteiger partial charge in [-0.1, -0.05) is 11.6 Å². The molecule has 0 aliphatic carbocycles. The molecule has 1 saturated heterocycles. The summed E-state index contributed by atoms with van der Waals surface area (Å²) in [6.07, 6.45) is 4.63. The van der Waals surface area contributed by atoms with Crippen LogP contribution in [0.15, 0.2) is 18.2 Å². The predicted octanol–water partition coefficient (Wildman–Crippen LogP) is 2.99. The van der Waals surface area contributed by atoms with E-state index in [-0.39, 0.29) is 18.1 Å². The zero-order chi connectivity index (χ0) is 19.8. The molecule has 6 nitrogen and oxygen atoms in total. The lowest BCUT2D eigenvalue weighted by molar-refractivity contribution is -0.116. The predicted molar refractivity (Wildman–Crippen MR) is 108 cm³/mol. The molecule has 1 aromatic carbocycles. The summed E-state index contributed by atoms with van der Waals surface area (Å²) in [5.74, 6) is 0.871. The summed E-state index contributed by atoms with van der Waals surface area (Å²) in [5.41, 5.74) is 0.768. The Labute approximate surface area is 166 Å². The Morgan fingerprint density at radius 3 is 2.63 bits per heavy atom. The monoisotopic (exact) mass is 396 g/mol. The number of benzene rings is 1. The molecule has 0 spiro atoms. The highest BCUT2D eigenvalue weighted by Gasteiger charge is 2.21. The molecule has 0 saturated carbocycles. The van der Waals surface area contributed by atoms with Crippen molar-refractivity contribution in [3.8, 4) is 11.5 Å². The fraction of sp³-hybridized carbons (Fsp3) is 0.550. The summed E-state index contributed by atoms with van der Waals surface area (Å²) >= 11 is 6.17. The van der Waals surface area contributed by atoms with E-state index in [0.29, 0.717) is 23.1 Å². The maximum absolute atomic E-state index is 12.0. The van der Waals surface area contributed by atoms with E-state index in [1.807, 2.05) is 0 Å². The van der Waals surface area contributed by atoms with Gasteiger partial charge in [-0.25, -0.2) is 0 Å². The molecular formula is C20H29ClN2O4. The number of methoxy groups -OCH3 is 2. The number of hydrogen-bond acceptors (Lipinski definition) is 5. The molecule has 150 valence electrons. The first-order valence-electron chi connectivity index (χ1n) is 9.18. The second-order valence-corrected chi connectivity index (χ2v) is 7.14. The first-order valence-corrected chi connectivity index (χ1v) is 9.56. The van der Waals surface area contributed by atoms with Crippen LogP contribution in [0.2, 0.25) is 5.02 Å². The smallest absolute Gasteiger partial charge is 0.243 e. The van der Waals surface area contributed by atoms with E-state index in [2.05, 4.69) is 24.1 Å². The molecule has 2 unspecified atom stereocenters. The van der Waals surface area contributed by atoms with E-state index in [1.165, 1.54) is 13.2 Å². The van der Waals surface area contributed by atoms with Crippen molar-refractivity contribution in [2.24, 2.45) is 0 Å². The van der Waals surface area contributed by atoms with Gasteiger partial charge >= 0.3 is 0 Å². The zero-order valence-corrected chi connectivity index (χ0v) is 17.2. The van der Waals surface area contributed by atoms with Gasteiger partial charge in [0.2, 0.25) is 5.91 Å². The Bertz CT molecular complexity index is 656. The summed E-state index contributed by atoms with van der Waals surface area (Å²) in [5, 5.41) is 3.34. The number of carbonyl (C=O) groups is 1. The highest BCUT2D eigenvalue weighted by molar-refractivity contribution is 6.32. The van der Waals surface area contributed by atoms with Gasteiger partial charge in [0.25, 0.3) is 0 Å². The lowest BCUT2D eigenvalue weighted by Crippen LogP contribution is -2.46. The molecule has 1 heterocycles. The van der Waals surface area contributed by atoms with Crippen molar-refractivity contribution in [2.75, 3.05) is 40.4 Å². The third kappa shape index (κ3) is 6.72. The van der Waals surface area contributed by atoms with Crippen LogP contribution in [-0.4, -0.2) is 63.4 Å². The highest BCUT2D eigenvalue weighted by atomic mass is 35.5. The summed E-state index contributed by atoms with van der Waals surface area (Å²) in [4.78, 5) is 14.4. The maximum Gasteiger partial charge on any atom is 0.243 e. The zero-order valence-electron chi connectivity index (χ0n) is 16.5. The highest BCUT2D eigenvalue weighted by Crippen LogP contribution is 2.36. The van der Waals surface area contributed by atoms with Crippen molar-refractivity contribution < 1.29 is 19.0 Å². The standard InChI is InChI=1S/C20H29ClN2O4/c1-14-12-23(13-15(2)27-14)9-5-8-22-19(24)7-6-16-10-17(21)20(26-4)18(11-16)25-3/h6-7,10-11,14-15H,5,8-9,12-13H2,1-4H3,(H,22,24)/b7-6+. The van der Waals surface area contributed by atoms with Gasteiger partial charge in [-0.3, -0.25) is 9.69 Å². The summed E-state index contributed by atoms with van der Waals surface area (Å²) in [6, 6.07) is 3.50. The van der Waals surface area contributed by atoms with Crippen molar-refractivity contribution in [2.45, 2.75) is 32.5 Å². The minimum absolute atomic E-state index is 0.135. The largest absolute Gasteiger partial charge is 0.493 e. The number of carbonyl (C=O) groups excluding carboxylic acids is 1. The minimum Gasteiger partial charge on any atom is -0.493 e. The molecule has 0 aromatic heterocycles. The van der Waals surface area contributed by atoms with Crippen molar-refractivity contribution in [3.05, 3.63) is 28.8 Å². The van der Waals surface area contributed by atoms with Crippen LogP contribution in [0.5, 0.6) is 11.5 Å². The normalized spacial score (nSPS) is 20.6. The van der Waals surface area contributed by atoms with Crippen LogP contribution in [0.4, 0.5) is 0 Å². The lowest BCUT2D eigenvalue weighted by Gasteiger charge is -2.35. The van der Waals surface area contributed by atoms with E-state index in [0.717, 1.165) is 31.6 Å². The molecule has 1 fully saturated rings. The number of nitrogens with zero attached hydrogens (tertiary/aromatic N) is 1. The van der Waals surface area contributed by atoms with Crippen molar-refractivity contribution in [1.29, 1.82) is 0 Å². The summed E-state index contributed by atoms with van der Waals surface area (Å²) in [6.45, 7) is 7.66. The van der Waals surface area contributed by atoms with Gasteiger partial charge in [-0.2, -0.15) is 0 Å². The molecule has 2 rings (SSSR count). The SMILES string of the molecule is COc1cc(/C=C/C(=O)NCCCN2CC(C)OC(C)C2)cc(Cl)c1OC. The average Bonchev–Trinajstić information content (AvgIpc) is 2.62. The van der Waals surface area contributed by atoms with E-state index in [9.17, 15) is 4.79 Å². The molecule has 1 amide bonds. The number of halogens is 1.